The second-order valence-electron chi connectivity index (χ2n) is 7.32. The molecule has 0 saturated carbocycles. The Kier molecular flexibility index (Phi) is 4.72. The third-order valence-electron chi connectivity index (χ3n) is 5.45. The molecule has 4 rings (SSSR count). The number of nitrogens with zero attached hydrogens (tertiary/aromatic N) is 1. The number of anilines is 1. The molecule has 0 spiro atoms. The molecule has 0 radical (unpaired) electrons. The van der Waals surface area contributed by atoms with Crippen LogP contribution in [0.25, 0.3) is 0 Å². The van der Waals surface area contributed by atoms with Crippen LogP contribution in [-0.4, -0.2) is 50.7 Å². The molecule has 7 nitrogen and oxygen atoms in total. The number of fused-ring (bicyclic) bond motifs is 1. The molecule has 3 aliphatic rings. The summed E-state index contributed by atoms with van der Waals surface area (Å²) in [7, 11) is 0. The van der Waals surface area contributed by atoms with Crippen LogP contribution < -0.4 is 25.0 Å². The van der Waals surface area contributed by atoms with Gasteiger partial charge in [-0.25, -0.2) is 0 Å². The summed E-state index contributed by atoms with van der Waals surface area (Å²) in [4.78, 5) is 26.8. The maximum absolute atomic E-state index is 12.7. The highest BCUT2D eigenvalue weighted by Gasteiger charge is 2.37. The van der Waals surface area contributed by atoms with E-state index in [1.165, 1.54) is 0 Å². The molecular weight excluding hydrogens is 334 g/mol. The Morgan fingerprint density at radius 2 is 2.08 bits per heavy atom. The van der Waals surface area contributed by atoms with Crippen molar-refractivity contribution < 1.29 is 19.1 Å². The van der Waals surface area contributed by atoms with Gasteiger partial charge in [0.15, 0.2) is 11.5 Å². The summed E-state index contributed by atoms with van der Waals surface area (Å²) < 4.78 is 11.1. The molecule has 1 aromatic rings. The van der Waals surface area contributed by atoms with Gasteiger partial charge < -0.3 is 25.0 Å². The summed E-state index contributed by atoms with van der Waals surface area (Å²) in [5.41, 5.74) is 0.754. The molecule has 3 heterocycles. The molecule has 0 aromatic heterocycles. The van der Waals surface area contributed by atoms with Crippen molar-refractivity contribution in [2.24, 2.45) is 11.8 Å². The first-order chi connectivity index (χ1) is 12.6. The van der Waals surface area contributed by atoms with Crippen molar-refractivity contribution >= 4 is 17.5 Å². The third kappa shape index (κ3) is 3.35. The zero-order chi connectivity index (χ0) is 18.1. The highest BCUT2D eigenvalue weighted by Crippen LogP contribution is 2.36. The van der Waals surface area contributed by atoms with E-state index < -0.39 is 0 Å². The molecule has 140 valence electrons. The maximum Gasteiger partial charge on any atom is 0.227 e. The molecule has 3 atom stereocenters. The maximum atomic E-state index is 12.7. The topological polar surface area (TPSA) is 79.9 Å². The fourth-order valence-corrected chi connectivity index (χ4v) is 3.86. The molecule has 3 unspecified atom stereocenters. The number of hydrogen-bond donors (Lipinski definition) is 2. The minimum atomic E-state index is -0.308. The largest absolute Gasteiger partial charge is 0.486 e. The molecule has 26 heavy (non-hydrogen) atoms. The van der Waals surface area contributed by atoms with Gasteiger partial charge in [0.05, 0.1) is 5.92 Å². The average Bonchev–Trinajstić information content (AvgIpc) is 3.05. The number of hydrogen-bond acceptors (Lipinski definition) is 5. The van der Waals surface area contributed by atoms with Crippen molar-refractivity contribution in [3.05, 3.63) is 18.2 Å². The van der Waals surface area contributed by atoms with Crippen molar-refractivity contribution in [1.82, 2.24) is 10.6 Å². The molecule has 2 N–H and O–H groups in total. The molecule has 2 saturated heterocycles. The Labute approximate surface area is 153 Å². The molecule has 7 heteroatoms. The number of piperidine rings is 1. The molecule has 2 amide bonds. The fraction of sp³-hybridized carbons (Fsp3) is 0.579. The molecule has 2 fully saturated rings. The first-order valence-electron chi connectivity index (χ1n) is 9.33. The first kappa shape index (κ1) is 17.1. The van der Waals surface area contributed by atoms with Crippen LogP contribution in [0, 0.1) is 11.8 Å². The summed E-state index contributed by atoms with van der Waals surface area (Å²) >= 11 is 0. The quantitative estimate of drug-likeness (QED) is 0.839. The number of ether oxygens (including phenoxy) is 2. The summed E-state index contributed by atoms with van der Waals surface area (Å²) in [6.45, 7) is 5.42. The van der Waals surface area contributed by atoms with Crippen LogP contribution in [0.4, 0.5) is 5.69 Å². The predicted octanol–water partition coefficient (Wildman–Crippen LogP) is 0.925. The number of amides is 2. The van der Waals surface area contributed by atoms with Crippen molar-refractivity contribution in [2.75, 3.05) is 37.7 Å². The summed E-state index contributed by atoms with van der Waals surface area (Å²) in [5.74, 6) is 1.40. The second kappa shape index (κ2) is 7.15. The summed E-state index contributed by atoms with van der Waals surface area (Å²) in [6.07, 6.45) is 1.18. The van der Waals surface area contributed by atoms with Crippen LogP contribution in [0.2, 0.25) is 0 Å². The minimum absolute atomic E-state index is 0.0165. The number of rotatable bonds is 3. The van der Waals surface area contributed by atoms with E-state index in [0.29, 0.717) is 37.2 Å². The normalized spacial score (nSPS) is 28.1. The van der Waals surface area contributed by atoms with Gasteiger partial charge in [-0.05, 0) is 37.6 Å². The van der Waals surface area contributed by atoms with Crippen LogP contribution in [0.3, 0.4) is 0 Å². The van der Waals surface area contributed by atoms with Gasteiger partial charge in [-0.2, -0.15) is 0 Å². The van der Waals surface area contributed by atoms with E-state index in [-0.39, 0.29) is 30.2 Å². The van der Waals surface area contributed by atoms with Gasteiger partial charge in [-0.15, -0.1) is 0 Å². The number of carbonyl (C=O) groups excluding carboxylic acids is 2. The summed E-state index contributed by atoms with van der Waals surface area (Å²) in [5, 5.41) is 6.48. The lowest BCUT2D eigenvalue weighted by Crippen LogP contribution is -2.50. The highest BCUT2D eigenvalue weighted by molar-refractivity contribution is 6.00. The molecule has 1 aromatic carbocycles. The van der Waals surface area contributed by atoms with Gasteiger partial charge in [-0.3, -0.25) is 9.59 Å². The SMILES string of the molecule is CC1CNCCC1NC(=O)C1CC(=O)N(c2ccc3c(c2)OCCO3)C1. The van der Waals surface area contributed by atoms with Gasteiger partial charge >= 0.3 is 0 Å². The fourth-order valence-electron chi connectivity index (χ4n) is 3.86. The van der Waals surface area contributed by atoms with Crippen LogP contribution in [0.5, 0.6) is 11.5 Å². The van der Waals surface area contributed by atoms with E-state index in [1.807, 2.05) is 18.2 Å². The van der Waals surface area contributed by atoms with Gasteiger partial charge in [0.1, 0.15) is 13.2 Å². The lowest BCUT2D eigenvalue weighted by molar-refractivity contribution is -0.127. The standard InChI is InChI=1S/C19H25N3O4/c1-12-10-20-5-4-15(12)21-19(24)13-8-18(23)22(11-13)14-2-3-16-17(9-14)26-7-6-25-16/h2-3,9,12-13,15,20H,4-8,10-11H2,1H3,(H,21,24). The van der Waals surface area contributed by atoms with Crippen LogP contribution in [0.1, 0.15) is 19.8 Å². The Bertz CT molecular complexity index is 708. The zero-order valence-electron chi connectivity index (χ0n) is 15.0. The van der Waals surface area contributed by atoms with Gasteiger partial charge in [0, 0.05) is 30.8 Å². The van der Waals surface area contributed by atoms with Gasteiger partial charge in [0.25, 0.3) is 0 Å². The van der Waals surface area contributed by atoms with Crippen LogP contribution >= 0.6 is 0 Å². The average molecular weight is 359 g/mol. The van der Waals surface area contributed by atoms with Crippen molar-refractivity contribution in [3.8, 4) is 11.5 Å². The number of nitrogens with one attached hydrogen (secondary N) is 2. The Hall–Kier alpha value is -2.28. The van der Waals surface area contributed by atoms with E-state index >= 15 is 0 Å². The van der Waals surface area contributed by atoms with Crippen molar-refractivity contribution in [3.63, 3.8) is 0 Å². The minimum Gasteiger partial charge on any atom is -0.486 e. The van der Waals surface area contributed by atoms with E-state index in [9.17, 15) is 9.59 Å². The van der Waals surface area contributed by atoms with Crippen LogP contribution in [0.15, 0.2) is 18.2 Å². The van der Waals surface area contributed by atoms with E-state index in [4.69, 9.17) is 9.47 Å². The Balaban J connectivity index is 1.42. The lowest BCUT2D eigenvalue weighted by atomic mass is 9.94. The van der Waals surface area contributed by atoms with Crippen LogP contribution in [-0.2, 0) is 9.59 Å². The zero-order valence-corrected chi connectivity index (χ0v) is 15.0. The van der Waals surface area contributed by atoms with Crippen molar-refractivity contribution in [1.29, 1.82) is 0 Å². The Morgan fingerprint density at radius 3 is 2.88 bits per heavy atom. The predicted molar refractivity (Wildman–Crippen MR) is 96.5 cm³/mol. The lowest BCUT2D eigenvalue weighted by Gasteiger charge is -2.31. The number of carbonyl (C=O) groups is 2. The van der Waals surface area contributed by atoms with E-state index in [2.05, 4.69) is 17.6 Å². The van der Waals surface area contributed by atoms with Gasteiger partial charge in [-0.1, -0.05) is 6.92 Å². The van der Waals surface area contributed by atoms with Gasteiger partial charge in [0.2, 0.25) is 11.8 Å². The summed E-state index contributed by atoms with van der Waals surface area (Å²) in [6, 6.07) is 5.67. The molecular formula is C19H25N3O4. The molecule has 0 bridgehead atoms. The second-order valence-corrected chi connectivity index (χ2v) is 7.32. The smallest absolute Gasteiger partial charge is 0.227 e. The third-order valence-corrected chi connectivity index (χ3v) is 5.45. The van der Waals surface area contributed by atoms with E-state index in [0.717, 1.165) is 25.2 Å². The van der Waals surface area contributed by atoms with E-state index in [1.54, 1.807) is 4.90 Å². The monoisotopic (exact) mass is 359 g/mol. The van der Waals surface area contributed by atoms with Crippen molar-refractivity contribution in [2.45, 2.75) is 25.8 Å². The first-order valence-corrected chi connectivity index (χ1v) is 9.33. The highest BCUT2D eigenvalue weighted by atomic mass is 16.6. The molecule has 3 aliphatic heterocycles. The Morgan fingerprint density at radius 1 is 1.27 bits per heavy atom. The molecule has 0 aliphatic carbocycles. The number of benzene rings is 1.